The summed E-state index contributed by atoms with van der Waals surface area (Å²) in [6.45, 7) is 0. The van der Waals surface area contributed by atoms with E-state index >= 15 is 0 Å². The molecular weight excluding hydrogens is 259 g/mol. The second-order valence-electron chi connectivity index (χ2n) is 2.38. The maximum atomic E-state index is 5.58. The standard InChI is InChI=1S/C6H4Cl2.C5H5.Fe/c7-5-3-1-2-4-6(5)8;1-2-4-5-3-1;/h1-4H;1-5H;/q;-1;. The Balaban J connectivity index is 0.000000246. The summed E-state index contributed by atoms with van der Waals surface area (Å²) in [5.41, 5.74) is 0. The topological polar surface area (TPSA) is 0 Å². The molecule has 0 aliphatic rings. The quantitative estimate of drug-likeness (QED) is 0.490. The van der Waals surface area contributed by atoms with Crippen molar-refractivity contribution in [2.45, 2.75) is 0 Å². The minimum atomic E-state index is 0. The van der Waals surface area contributed by atoms with Crippen molar-refractivity contribution in [2.24, 2.45) is 0 Å². The van der Waals surface area contributed by atoms with Gasteiger partial charge in [0, 0.05) is 17.1 Å². The minimum Gasteiger partial charge on any atom is -0.214 e. The maximum absolute atomic E-state index is 5.58. The van der Waals surface area contributed by atoms with E-state index < -0.39 is 0 Å². The van der Waals surface area contributed by atoms with Gasteiger partial charge in [0.15, 0.2) is 0 Å². The van der Waals surface area contributed by atoms with Crippen LogP contribution in [0.25, 0.3) is 0 Å². The van der Waals surface area contributed by atoms with Crippen LogP contribution in [0, 0.1) is 0 Å². The van der Waals surface area contributed by atoms with Crippen molar-refractivity contribution in [3.63, 3.8) is 0 Å². The summed E-state index contributed by atoms with van der Waals surface area (Å²) in [4.78, 5) is 0. The number of halogens is 2. The molecule has 0 aliphatic heterocycles. The molecule has 0 bridgehead atoms. The van der Waals surface area contributed by atoms with Crippen molar-refractivity contribution < 1.29 is 17.1 Å². The number of benzene rings is 1. The normalized spacial score (nSPS) is 8.14. The zero-order valence-electron chi connectivity index (χ0n) is 7.31. The van der Waals surface area contributed by atoms with E-state index in [2.05, 4.69) is 0 Å². The van der Waals surface area contributed by atoms with Gasteiger partial charge in [-0.2, -0.15) is 18.2 Å². The van der Waals surface area contributed by atoms with Gasteiger partial charge in [0.1, 0.15) is 0 Å². The Bertz CT molecular complexity index is 293. The van der Waals surface area contributed by atoms with Crippen molar-refractivity contribution in [1.82, 2.24) is 0 Å². The average molecular weight is 268 g/mol. The molecule has 0 aromatic heterocycles. The first-order valence-electron chi connectivity index (χ1n) is 3.87. The smallest absolute Gasteiger partial charge is 0.0592 e. The van der Waals surface area contributed by atoms with Crippen LogP contribution >= 0.6 is 23.2 Å². The third-order valence-electron chi connectivity index (χ3n) is 1.38. The molecular formula is C11H9Cl2Fe-. The molecule has 0 N–H and O–H groups in total. The summed E-state index contributed by atoms with van der Waals surface area (Å²) >= 11 is 11.2. The first-order chi connectivity index (χ1) is 6.30. The predicted molar refractivity (Wildman–Crippen MR) is 58.5 cm³/mol. The van der Waals surface area contributed by atoms with Crippen LogP contribution in [-0.2, 0) is 17.1 Å². The van der Waals surface area contributed by atoms with Gasteiger partial charge in [0.2, 0.25) is 0 Å². The van der Waals surface area contributed by atoms with E-state index in [0.29, 0.717) is 10.0 Å². The molecule has 0 saturated heterocycles. The molecule has 0 saturated carbocycles. The van der Waals surface area contributed by atoms with Crippen molar-refractivity contribution in [2.75, 3.05) is 0 Å². The molecule has 0 unspecified atom stereocenters. The van der Waals surface area contributed by atoms with E-state index in [4.69, 9.17) is 23.2 Å². The summed E-state index contributed by atoms with van der Waals surface area (Å²) in [7, 11) is 0. The fourth-order valence-electron chi connectivity index (χ4n) is 0.760. The van der Waals surface area contributed by atoms with Gasteiger partial charge < -0.3 is 0 Å². The average Bonchev–Trinajstić information content (AvgIpc) is 2.68. The van der Waals surface area contributed by atoms with E-state index in [1.807, 2.05) is 42.5 Å². The summed E-state index contributed by atoms with van der Waals surface area (Å²) in [5.74, 6) is 0. The molecule has 2 rings (SSSR count). The molecule has 14 heavy (non-hydrogen) atoms. The monoisotopic (exact) mass is 267 g/mol. The first kappa shape index (κ1) is 13.7. The number of hydrogen-bond acceptors (Lipinski definition) is 0. The second kappa shape index (κ2) is 8.02. The Morgan fingerprint density at radius 1 is 0.786 bits per heavy atom. The third-order valence-corrected chi connectivity index (χ3v) is 2.14. The van der Waals surface area contributed by atoms with E-state index in [-0.39, 0.29) is 17.1 Å². The van der Waals surface area contributed by atoms with Crippen LogP contribution in [0.5, 0.6) is 0 Å². The van der Waals surface area contributed by atoms with E-state index in [1.165, 1.54) is 0 Å². The van der Waals surface area contributed by atoms with Crippen LogP contribution in [0.1, 0.15) is 0 Å². The predicted octanol–water partition coefficient (Wildman–Crippen LogP) is 4.40. The van der Waals surface area contributed by atoms with Crippen molar-refractivity contribution in [1.29, 1.82) is 0 Å². The number of hydrogen-bond donors (Lipinski definition) is 0. The molecule has 76 valence electrons. The second-order valence-corrected chi connectivity index (χ2v) is 3.19. The maximum Gasteiger partial charge on any atom is 0.0592 e. The van der Waals surface area contributed by atoms with Crippen molar-refractivity contribution in [3.8, 4) is 0 Å². The Hall–Kier alpha value is -0.331. The summed E-state index contributed by atoms with van der Waals surface area (Å²) in [5, 5.41) is 1.21. The van der Waals surface area contributed by atoms with Crippen LogP contribution in [0.15, 0.2) is 54.6 Å². The van der Waals surface area contributed by atoms with Gasteiger partial charge in [0.25, 0.3) is 0 Å². The van der Waals surface area contributed by atoms with E-state index in [0.717, 1.165) is 0 Å². The third kappa shape index (κ3) is 5.41. The fraction of sp³-hybridized carbons (Fsp3) is 0. The largest absolute Gasteiger partial charge is 0.214 e. The van der Waals surface area contributed by atoms with Gasteiger partial charge in [0.05, 0.1) is 10.0 Å². The molecule has 3 heteroatoms. The molecule has 2 aromatic carbocycles. The molecule has 0 atom stereocenters. The zero-order chi connectivity index (χ0) is 9.52. The van der Waals surface area contributed by atoms with Crippen LogP contribution in [0.2, 0.25) is 10.0 Å². The Kier molecular flexibility index (Phi) is 7.83. The molecule has 0 fully saturated rings. The SMILES string of the molecule is Clc1ccccc1Cl.[Fe].c1cc[cH-]c1. The molecule has 0 nitrogen and oxygen atoms in total. The van der Waals surface area contributed by atoms with Gasteiger partial charge in [-0.25, -0.2) is 12.1 Å². The summed E-state index contributed by atoms with van der Waals surface area (Å²) < 4.78 is 0. The minimum absolute atomic E-state index is 0. The van der Waals surface area contributed by atoms with Gasteiger partial charge in [-0.05, 0) is 12.1 Å². The van der Waals surface area contributed by atoms with Gasteiger partial charge in [-0.3, -0.25) is 0 Å². The number of rotatable bonds is 0. The summed E-state index contributed by atoms with van der Waals surface area (Å²) in [6.07, 6.45) is 0. The molecule has 0 aliphatic carbocycles. The van der Waals surface area contributed by atoms with Gasteiger partial charge in [-0.1, -0.05) is 35.3 Å². The fourth-order valence-corrected chi connectivity index (χ4v) is 1.03. The van der Waals surface area contributed by atoms with Crippen LogP contribution < -0.4 is 0 Å². The first-order valence-corrected chi connectivity index (χ1v) is 4.63. The van der Waals surface area contributed by atoms with Crippen molar-refractivity contribution in [3.05, 3.63) is 64.6 Å². The Morgan fingerprint density at radius 2 is 1.21 bits per heavy atom. The molecule has 0 amide bonds. The van der Waals surface area contributed by atoms with Crippen LogP contribution in [0.4, 0.5) is 0 Å². The van der Waals surface area contributed by atoms with E-state index in [1.54, 1.807) is 12.1 Å². The molecule has 0 radical (unpaired) electrons. The summed E-state index contributed by atoms with van der Waals surface area (Å²) in [6, 6.07) is 17.2. The Labute approximate surface area is 105 Å². The molecule has 0 spiro atoms. The zero-order valence-corrected chi connectivity index (χ0v) is 9.92. The van der Waals surface area contributed by atoms with Crippen LogP contribution in [0.3, 0.4) is 0 Å². The Morgan fingerprint density at radius 3 is 1.43 bits per heavy atom. The molecule has 2 aromatic rings. The van der Waals surface area contributed by atoms with Gasteiger partial charge >= 0.3 is 0 Å². The van der Waals surface area contributed by atoms with Gasteiger partial charge in [-0.15, -0.1) is 0 Å². The van der Waals surface area contributed by atoms with Crippen LogP contribution in [-0.4, -0.2) is 0 Å². The van der Waals surface area contributed by atoms with E-state index in [9.17, 15) is 0 Å². The molecule has 0 heterocycles. The van der Waals surface area contributed by atoms with Crippen molar-refractivity contribution >= 4 is 23.2 Å².